The molecule has 0 bridgehead atoms. The van der Waals surface area contributed by atoms with E-state index in [9.17, 15) is 0 Å². The lowest BCUT2D eigenvalue weighted by Crippen LogP contribution is -2.37. The largest absolute Gasteiger partial charge is 0.329 e. The molecule has 15 heavy (non-hydrogen) atoms. The number of unbranched alkanes of at least 4 members (excludes halogenated alkanes) is 1. The molecule has 0 saturated heterocycles. The molecule has 0 aromatic carbocycles. The molecule has 0 fully saturated rings. The van der Waals surface area contributed by atoms with E-state index in [0.717, 1.165) is 32.1 Å². The normalized spacial score (nSPS) is 13.4. The van der Waals surface area contributed by atoms with E-state index in [2.05, 4.69) is 18.7 Å². The number of hydrogen-bond donors (Lipinski definition) is 2. The first kappa shape index (κ1) is 14.9. The van der Waals surface area contributed by atoms with Gasteiger partial charge in [-0.25, -0.2) is 0 Å². The molecule has 0 heterocycles. The highest BCUT2D eigenvalue weighted by atomic mass is 15.1. The van der Waals surface area contributed by atoms with Crippen molar-refractivity contribution in [1.29, 1.82) is 0 Å². The van der Waals surface area contributed by atoms with Gasteiger partial charge in [-0.15, -0.1) is 0 Å². The Bertz CT molecular complexity index is 122. The SMILES string of the molecule is CCCCC(CC)CN(CCN)CCN. The maximum atomic E-state index is 5.59. The van der Waals surface area contributed by atoms with Crippen LogP contribution in [-0.4, -0.2) is 37.6 Å². The van der Waals surface area contributed by atoms with Gasteiger partial charge >= 0.3 is 0 Å². The second kappa shape index (κ2) is 10.4. The van der Waals surface area contributed by atoms with Crippen molar-refractivity contribution < 1.29 is 0 Å². The molecule has 0 aromatic heterocycles. The third-order valence-electron chi connectivity index (χ3n) is 2.95. The van der Waals surface area contributed by atoms with Crippen LogP contribution in [0.5, 0.6) is 0 Å². The summed E-state index contributed by atoms with van der Waals surface area (Å²) in [7, 11) is 0. The number of rotatable bonds is 10. The molecule has 0 saturated carbocycles. The zero-order valence-electron chi connectivity index (χ0n) is 10.5. The molecule has 0 aliphatic rings. The van der Waals surface area contributed by atoms with Crippen molar-refractivity contribution in [2.45, 2.75) is 39.5 Å². The molecule has 0 radical (unpaired) electrons. The molecular weight excluding hydrogens is 186 g/mol. The Morgan fingerprint density at radius 1 is 1.07 bits per heavy atom. The molecule has 0 aromatic rings. The molecule has 1 unspecified atom stereocenters. The van der Waals surface area contributed by atoms with Crippen molar-refractivity contribution >= 4 is 0 Å². The van der Waals surface area contributed by atoms with Crippen molar-refractivity contribution in [3.63, 3.8) is 0 Å². The first-order valence-electron chi connectivity index (χ1n) is 6.40. The van der Waals surface area contributed by atoms with Gasteiger partial charge in [-0.1, -0.05) is 33.1 Å². The molecule has 1 atom stereocenters. The fourth-order valence-electron chi connectivity index (χ4n) is 1.94. The summed E-state index contributed by atoms with van der Waals surface area (Å²) in [5.41, 5.74) is 11.2. The van der Waals surface area contributed by atoms with Gasteiger partial charge < -0.3 is 16.4 Å². The monoisotopic (exact) mass is 215 g/mol. The zero-order chi connectivity index (χ0) is 11.5. The van der Waals surface area contributed by atoms with Crippen molar-refractivity contribution in [2.24, 2.45) is 17.4 Å². The summed E-state index contributed by atoms with van der Waals surface area (Å²) >= 11 is 0. The van der Waals surface area contributed by atoms with Crippen molar-refractivity contribution in [3.8, 4) is 0 Å². The van der Waals surface area contributed by atoms with Crippen molar-refractivity contribution in [2.75, 3.05) is 32.7 Å². The average molecular weight is 215 g/mol. The minimum atomic E-state index is 0.740. The zero-order valence-corrected chi connectivity index (χ0v) is 10.5. The molecule has 0 aliphatic carbocycles. The molecule has 92 valence electrons. The highest BCUT2D eigenvalue weighted by Gasteiger charge is 2.11. The smallest absolute Gasteiger partial charge is 0.0105 e. The van der Waals surface area contributed by atoms with E-state index in [0.29, 0.717) is 0 Å². The first-order chi connectivity index (χ1) is 7.28. The second-order valence-corrected chi connectivity index (χ2v) is 4.29. The second-order valence-electron chi connectivity index (χ2n) is 4.29. The number of hydrogen-bond acceptors (Lipinski definition) is 3. The predicted molar refractivity (Wildman–Crippen MR) is 67.9 cm³/mol. The minimum Gasteiger partial charge on any atom is -0.329 e. The van der Waals surface area contributed by atoms with E-state index in [1.807, 2.05) is 0 Å². The van der Waals surface area contributed by atoms with Gasteiger partial charge in [-0.05, 0) is 12.3 Å². The summed E-state index contributed by atoms with van der Waals surface area (Å²) in [4.78, 5) is 2.41. The summed E-state index contributed by atoms with van der Waals surface area (Å²) in [6, 6.07) is 0. The van der Waals surface area contributed by atoms with Gasteiger partial charge in [0.1, 0.15) is 0 Å². The number of nitrogens with two attached hydrogens (primary N) is 2. The summed E-state index contributed by atoms with van der Waals surface area (Å²) in [5, 5.41) is 0. The Hall–Kier alpha value is -0.120. The van der Waals surface area contributed by atoms with Gasteiger partial charge in [-0.2, -0.15) is 0 Å². The topological polar surface area (TPSA) is 55.3 Å². The Labute approximate surface area is 95.2 Å². The van der Waals surface area contributed by atoms with E-state index >= 15 is 0 Å². The Balaban J connectivity index is 3.85. The Kier molecular flexibility index (Phi) is 10.3. The molecule has 0 aliphatic heterocycles. The van der Waals surface area contributed by atoms with Gasteiger partial charge in [0.2, 0.25) is 0 Å². The van der Waals surface area contributed by atoms with Gasteiger partial charge in [0, 0.05) is 32.7 Å². The van der Waals surface area contributed by atoms with E-state index < -0.39 is 0 Å². The summed E-state index contributed by atoms with van der Waals surface area (Å²) in [5.74, 6) is 0.822. The summed E-state index contributed by atoms with van der Waals surface area (Å²) in [6.45, 7) is 9.16. The van der Waals surface area contributed by atoms with E-state index in [4.69, 9.17) is 11.5 Å². The van der Waals surface area contributed by atoms with Crippen molar-refractivity contribution in [3.05, 3.63) is 0 Å². The predicted octanol–water partition coefficient (Wildman–Crippen LogP) is 1.42. The Morgan fingerprint density at radius 2 is 1.67 bits per heavy atom. The van der Waals surface area contributed by atoms with Crippen LogP contribution in [0.25, 0.3) is 0 Å². The van der Waals surface area contributed by atoms with Crippen molar-refractivity contribution in [1.82, 2.24) is 4.90 Å². The molecule has 0 rings (SSSR count). The van der Waals surface area contributed by atoms with Gasteiger partial charge in [0.25, 0.3) is 0 Å². The van der Waals surface area contributed by atoms with Crippen LogP contribution in [0.3, 0.4) is 0 Å². The summed E-state index contributed by atoms with van der Waals surface area (Å²) in [6.07, 6.45) is 5.26. The third-order valence-corrected chi connectivity index (χ3v) is 2.95. The van der Waals surface area contributed by atoms with E-state index in [-0.39, 0.29) is 0 Å². The van der Waals surface area contributed by atoms with Gasteiger partial charge in [-0.3, -0.25) is 0 Å². The van der Waals surface area contributed by atoms with Crippen LogP contribution < -0.4 is 11.5 Å². The molecule has 0 spiro atoms. The van der Waals surface area contributed by atoms with Crippen LogP contribution in [0, 0.1) is 5.92 Å². The lowest BCUT2D eigenvalue weighted by molar-refractivity contribution is 0.229. The average Bonchev–Trinajstić information content (AvgIpc) is 2.24. The lowest BCUT2D eigenvalue weighted by Gasteiger charge is -2.26. The van der Waals surface area contributed by atoms with E-state index in [1.165, 1.54) is 32.2 Å². The molecule has 0 amide bonds. The Morgan fingerprint density at radius 3 is 2.07 bits per heavy atom. The van der Waals surface area contributed by atoms with Crippen LogP contribution in [0.15, 0.2) is 0 Å². The maximum absolute atomic E-state index is 5.59. The fraction of sp³-hybridized carbons (Fsp3) is 1.00. The van der Waals surface area contributed by atoms with Crippen LogP contribution >= 0.6 is 0 Å². The van der Waals surface area contributed by atoms with Crippen LogP contribution in [-0.2, 0) is 0 Å². The summed E-state index contributed by atoms with van der Waals surface area (Å²) < 4.78 is 0. The van der Waals surface area contributed by atoms with Crippen LogP contribution in [0.4, 0.5) is 0 Å². The quantitative estimate of drug-likeness (QED) is 0.579. The third kappa shape index (κ3) is 7.77. The minimum absolute atomic E-state index is 0.740. The van der Waals surface area contributed by atoms with Crippen LogP contribution in [0.1, 0.15) is 39.5 Å². The standard InChI is InChI=1S/C12H29N3/c1-3-5-6-12(4-2)11-15(9-7-13)10-8-14/h12H,3-11,13-14H2,1-2H3. The van der Waals surface area contributed by atoms with Gasteiger partial charge in [0.15, 0.2) is 0 Å². The van der Waals surface area contributed by atoms with Crippen LogP contribution in [0.2, 0.25) is 0 Å². The molecule has 3 heteroatoms. The van der Waals surface area contributed by atoms with E-state index in [1.54, 1.807) is 0 Å². The molecule has 4 N–H and O–H groups in total. The first-order valence-corrected chi connectivity index (χ1v) is 6.40. The number of nitrogens with zero attached hydrogens (tertiary/aromatic N) is 1. The van der Waals surface area contributed by atoms with Gasteiger partial charge in [0.05, 0.1) is 0 Å². The maximum Gasteiger partial charge on any atom is 0.0105 e. The lowest BCUT2D eigenvalue weighted by atomic mass is 9.99. The molecular formula is C12H29N3. The molecule has 3 nitrogen and oxygen atoms in total. The highest BCUT2D eigenvalue weighted by Crippen LogP contribution is 2.13. The highest BCUT2D eigenvalue weighted by molar-refractivity contribution is 4.66. The fourth-order valence-corrected chi connectivity index (χ4v) is 1.94.